The van der Waals surface area contributed by atoms with E-state index in [0.717, 1.165) is 16.7 Å². The van der Waals surface area contributed by atoms with Crippen LogP contribution >= 0.6 is 0 Å². The minimum absolute atomic E-state index is 0.118. The van der Waals surface area contributed by atoms with Gasteiger partial charge >= 0.3 is 7.12 Å². The predicted molar refractivity (Wildman–Crippen MR) is 83.4 cm³/mol. The quantitative estimate of drug-likeness (QED) is 0.731. The van der Waals surface area contributed by atoms with Crippen LogP contribution in [-0.2, 0) is 6.54 Å². The summed E-state index contributed by atoms with van der Waals surface area (Å²) >= 11 is 0. The zero-order valence-corrected chi connectivity index (χ0v) is 12.1. The average molecular weight is 283 g/mol. The van der Waals surface area contributed by atoms with Crippen molar-refractivity contribution in [1.82, 2.24) is 5.32 Å². The van der Waals surface area contributed by atoms with Gasteiger partial charge in [0.15, 0.2) is 0 Å². The number of carbonyl (C=O) groups excluding carboxylic acids is 1. The lowest BCUT2D eigenvalue weighted by molar-refractivity contribution is 0.0950. The molecule has 0 fully saturated rings. The smallest absolute Gasteiger partial charge is 0.423 e. The lowest BCUT2D eigenvalue weighted by Gasteiger charge is -2.08. The highest BCUT2D eigenvalue weighted by Gasteiger charge is 2.10. The molecule has 2 aromatic rings. The first-order valence-electron chi connectivity index (χ1n) is 6.77. The van der Waals surface area contributed by atoms with Crippen LogP contribution in [0.2, 0.25) is 0 Å². The zero-order chi connectivity index (χ0) is 15.4. The van der Waals surface area contributed by atoms with E-state index in [0.29, 0.717) is 17.6 Å². The summed E-state index contributed by atoms with van der Waals surface area (Å²) in [4.78, 5) is 12.1. The van der Waals surface area contributed by atoms with Gasteiger partial charge in [-0.15, -0.1) is 0 Å². The summed E-state index contributed by atoms with van der Waals surface area (Å²) in [6, 6.07) is 12.5. The minimum Gasteiger partial charge on any atom is -0.423 e. The molecule has 0 atom stereocenters. The maximum absolute atomic E-state index is 12.1. The van der Waals surface area contributed by atoms with Gasteiger partial charge in [0.25, 0.3) is 5.91 Å². The summed E-state index contributed by atoms with van der Waals surface area (Å²) in [5.41, 5.74) is 4.09. The SMILES string of the molecule is Cc1cc(C)cc(C(=O)NCc2ccc(B(O)O)cc2)c1. The van der Waals surface area contributed by atoms with Gasteiger partial charge in [-0.2, -0.15) is 0 Å². The Balaban J connectivity index is 2.00. The normalized spacial score (nSPS) is 10.3. The monoisotopic (exact) mass is 283 g/mol. The Morgan fingerprint density at radius 1 is 1.05 bits per heavy atom. The van der Waals surface area contributed by atoms with Crippen LogP contribution in [0.25, 0.3) is 0 Å². The second-order valence-corrected chi connectivity index (χ2v) is 5.17. The van der Waals surface area contributed by atoms with Crippen LogP contribution in [0, 0.1) is 13.8 Å². The molecule has 0 saturated heterocycles. The number of hydrogen-bond acceptors (Lipinski definition) is 3. The second-order valence-electron chi connectivity index (χ2n) is 5.17. The predicted octanol–water partition coefficient (Wildman–Crippen LogP) is 0.913. The maximum atomic E-state index is 12.1. The third kappa shape index (κ3) is 4.18. The first-order chi connectivity index (χ1) is 9.95. The van der Waals surface area contributed by atoms with Crippen LogP contribution in [0.1, 0.15) is 27.0 Å². The molecule has 0 unspecified atom stereocenters. The summed E-state index contributed by atoms with van der Waals surface area (Å²) in [6.45, 7) is 4.32. The number of aryl methyl sites for hydroxylation is 2. The van der Waals surface area contributed by atoms with Crippen LogP contribution in [-0.4, -0.2) is 23.1 Å². The molecule has 0 bridgehead atoms. The van der Waals surface area contributed by atoms with Gasteiger partial charge in [0, 0.05) is 12.1 Å². The van der Waals surface area contributed by atoms with Crippen molar-refractivity contribution in [1.29, 1.82) is 0 Å². The molecule has 0 radical (unpaired) electrons. The fourth-order valence-corrected chi connectivity index (χ4v) is 2.20. The molecule has 4 nitrogen and oxygen atoms in total. The van der Waals surface area contributed by atoms with E-state index in [1.165, 1.54) is 0 Å². The van der Waals surface area contributed by atoms with Crippen molar-refractivity contribution in [3.8, 4) is 0 Å². The van der Waals surface area contributed by atoms with Crippen LogP contribution in [0.4, 0.5) is 0 Å². The van der Waals surface area contributed by atoms with Crippen LogP contribution < -0.4 is 10.8 Å². The van der Waals surface area contributed by atoms with Crippen molar-refractivity contribution in [2.45, 2.75) is 20.4 Å². The van der Waals surface area contributed by atoms with Gasteiger partial charge < -0.3 is 15.4 Å². The molecule has 21 heavy (non-hydrogen) atoms. The summed E-state index contributed by atoms with van der Waals surface area (Å²) in [5, 5.41) is 20.9. The molecular weight excluding hydrogens is 265 g/mol. The molecule has 3 N–H and O–H groups in total. The van der Waals surface area contributed by atoms with Gasteiger partial charge in [-0.25, -0.2) is 0 Å². The molecular formula is C16H18BNO3. The van der Waals surface area contributed by atoms with Crippen molar-refractivity contribution in [3.05, 3.63) is 64.7 Å². The summed E-state index contributed by atoms with van der Waals surface area (Å²) in [7, 11) is -1.47. The van der Waals surface area contributed by atoms with Crippen molar-refractivity contribution in [3.63, 3.8) is 0 Å². The Bertz CT molecular complexity index is 618. The van der Waals surface area contributed by atoms with Crippen LogP contribution in [0.5, 0.6) is 0 Å². The lowest BCUT2D eigenvalue weighted by atomic mass is 9.80. The fraction of sp³-hybridized carbons (Fsp3) is 0.188. The van der Waals surface area contributed by atoms with Gasteiger partial charge in [-0.3, -0.25) is 4.79 Å². The molecule has 0 aromatic heterocycles. The standard InChI is InChI=1S/C16H18BNO3/c1-11-7-12(2)9-14(8-11)16(19)18-10-13-3-5-15(6-4-13)17(20)21/h3-9,20-21H,10H2,1-2H3,(H,18,19). The average Bonchev–Trinajstić information content (AvgIpc) is 2.44. The van der Waals surface area contributed by atoms with Gasteiger partial charge in [0.05, 0.1) is 0 Å². The van der Waals surface area contributed by atoms with Gasteiger partial charge in [-0.05, 0) is 37.0 Å². The van der Waals surface area contributed by atoms with E-state index >= 15 is 0 Å². The highest BCUT2D eigenvalue weighted by molar-refractivity contribution is 6.58. The van der Waals surface area contributed by atoms with Crippen molar-refractivity contribution in [2.24, 2.45) is 0 Å². The van der Waals surface area contributed by atoms with E-state index in [2.05, 4.69) is 5.32 Å². The van der Waals surface area contributed by atoms with E-state index in [1.54, 1.807) is 24.3 Å². The minimum atomic E-state index is -1.47. The molecule has 0 heterocycles. The molecule has 0 spiro atoms. The number of hydrogen-bond donors (Lipinski definition) is 3. The van der Waals surface area contributed by atoms with Crippen LogP contribution in [0.15, 0.2) is 42.5 Å². The Kier molecular flexibility index (Phi) is 4.78. The third-order valence-electron chi connectivity index (χ3n) is 3.21. The molecule has 0 aliphatic rings. The van der Waals surface area contributed by atoms with Gasteiger partial charge in [-0.1, -0.05) is 41.5 Å². The first kappa shape index (κ1) is 15.3. The highest BCUT2D eigenvalue weighted by atomic mass is 16.4. The lowest BCUT2D eigenvalue weighted by Crippen LogP contribution is -2.29. The largest absolute Gasteiger partial charge is 0.488 e. The molecule has 2 rings (SSSR count). The maximum Gasteiger partial charge on any atom is 0.488 e. The fourth-order valence-electron chi connectivity index (χ4n) is 2.20. The number of amides is 1. The highest BCUT2D eigenvalue weighted by Crippen LogP contribution is 2.09. The van der Waals surface area contributed by atoms with Crippen LogP contribution in [0.3, 0.4) is 0 Å². The first-order valence-corrected chi connectivity index (χ1v) is 6.77. The van der Waals surface area contributed by atoms with Crippen molar-refractivity contribution in [2.75, 3.05) is 0 Å². The topological polar surface area (TPSA) is 69.6 Å². The summed E-state index contributed by atoms with van der Waals surface area (Å²) in [6.07, 6.45) is 0. The molecule has 0 aliphatic heterocycles. The molecule has 2 aromatic carbocycles. The van der Waals surface area contributed by atoms with E-state index in [4.69, 9.17) is 10.0 Å². The van der Waals surface area contributed by atoms with E-state index in [1.807, 2.05) is 32.0 Å². The molecule has 0 aliphatic carbocycles. The van der Waals surface area contributed by atoms with Crippen molar-refractivity contribution < 1.29 is 14.8 Å². The summed E-state index contributed by atoms with van der Waals surface area (Å²) in [5.74, 6) is -0.118. The number of nitrogens with one attached hydrogen (secondary N) is 1. The van der Waals surface area contributed by atoms with Gasteiger partial charge in [0.2, 0.25) is 0 Å². The molecule has 0 saturated carbocycles. The molecule has 108 valence electrons. The van der Waals surface area contributed by atoms with Gasteiger partial charge in [0.1, 0.15) is 0 Å². The van der Waals surface area contributed by atoms with E-state index < -0.39 is 7.12 Å². The molecule has 5 heteroatoms. The Morgan fingerprint density at radius 3 is 2.14 bits per heavy atom. The van der Waals surface area contributed by atoms with E-state index in [9.17, 15) is 4.79 Å². The number of carbonyl (C=O) groups is 1. The zero-order valence-electron chi connectivity index (χ0n) is 12.1. The number of rotatable bonds is 4. The Morgan fingerprint density at radius 2 is 1.62 bits per heavy atom. The molecule has 1 amide bonds. The van der Waals surface area contributed by atoms with Crippen molar-refractivity contribution >= 4 is 18.5 Å². The third-order valence-corrected chi connectivity index (χ3v) is 3.21. The van der Waals surface area contributed by atoms with E-state index in [-0.39, 0.29) is 5.91 Å². The number of benzene rings is 2. The Hall–Kier alpha value is -2.11. The summed E-state index contributed by atoms with van der Waals surface area (Å²) < 4.78 is 0. The Labute approximate surface area is 124 Å². The second kappa shape index (κ2) is 6.56.